The molecule has 0 atom stereocenters. The average Bonchev–Trinajstić information content (AvgIpc) is 3.30. The van der Waals surface area contributed by atoms with Gasteiger partial charge in [0.1, 0.15) is 0 Å². The molecular formula is C27H26N4O3S2. The highest BCUT2D eigenvalue weighted by molar-refractivity contribution is 7.89. The van der Waals surface area contributed by atoms with Crippen LogP contribution in [0.3, 0.4) is 0 Å². The molecule has 184 valence electrons. The molecule has 2 heterocycles. The van der Waals surface area contributed by atoms with Gasteiger partial charge in [0.15, 0.2) is 5.13 Å². The Bertz CT molecular complexity index is 1490. The van der Waals surface area contributed by atoms with Crippen molar-refractivity contribution in [3.63, 3.8) is 0 Å². The predicted molar refractivity (Wildman–Crippen MR) is 145 cm³/mol. The lowest BCUT2D eigenvalue weighted by molar-refractivity contribution is 0.0985. The number of pyridine rings is 1. The van der Waals surface area contributed by atoms with E-state index in [1.54, 1.807) is 17.3 Å². The maximum absolute atomic E-state index is 13.7. The number of fused-ring (bicyclic) bond motifs is 1. The predicted octanol–water partition coefficient (Wildman–Crippen LogP) is 5.21. The summed E-state index contributed by atoms with van der Waals surface area (Å²) in [7, 11) is -3.76. The fraction of sp³-hybridized carbons (Fsp3) is 0.148. The molecule has 0 spiro atoms. The molecule has 4 aromatic rings. The fourth-order valence-electron chi connectivity index (χ4n) is 3.67. The van der Waals surface area contributed by atoms with Gasteiger partial charge in [0.25, 0.3) is 5.91 Å². The largest absolute Gasteiger partial charge is 0.279 e. The number of anilines is 1. The Kier molecular flexibility index (Phi) is 7.73. The monoisotopic (exact) mass is 518 g/mol. The van der Waals surface area contributed by atoms with Crippen molar-refractivity contribution in [2.75, 3.05) is 18.0 Å². The summed E-state index contributed by atoms with van der Waals surface area (Å²) < 4.78 is 28.3. The number of carbonyl (C=O) groups excluding carboxylic acids is 1. The number of aromatic nitrogens is 2. The Morgan fingerprint density at radius 3 is 2.42 bits per heavy atom. The number of carbonyl (C=O) groups is 1. The summed E-state index contributed by atoms with van der Waals surface area (Å²) in [5, 5.41) is 0.560. The molecule has 0 fully saturated rings. The van der Waals surface area contributed by atoms with Crippen LogP contribution in [0, 0.1) is 6.92 Å². The maximum atomic E-state index is 13.7. The molecule has 2 aromatic carbocycles. The molecule has 0 aliphatic heterocycles. The summed E-state index contributed by atoms with van der Waals surface area (Å²) in [5.74, 6) is -0.285. The standard InChI is InChI=1S/C27H26N4O3S2/c1-4-15-30(16-5-2)36(33,34)23-11-9-22(10-12-23)26(32)31(19-21-7-6-14-28-18-21)27-29-24-13-8-20(3)17-25(24)35-27/h4-14,17-18H,1-2,15-16,19H2,3H3. The topological polar surface area (TPSA) is 83.5 Å². The molecule has 4 rings (SSSR count). The average molecular weight is 519 g/mol. The number of thiazole rings is 1. The highest BCUT2D eigenvalue weighted by atomic mass is 32.2. The van der Waals surface area contributed by atoms with Crippen LogP contribution in [0.15, 0.2) is 97.2 Å². The summed E-state index contributed by atoms with van der Waals surface area (Å²) >= 11 is 1.44. The van der Waals surface area contributed by atoms with Gasteiger partial charge in [0, 0.05) is 31.0 Å². The van der Waals surface area contributed by atoms with Crippen LogP contribution >= 0.6 is 11.3 Å². The smallest absolute Gasteiger partial charge is 0.260 e. The lowest BCUT2D eigenvalue weighted by Crippen LogP contribution is -2.32. The number of aryl methyl sites for hydroxylation is 1. The van der Waals surface area contributed by atoms with E-state index in [-0.39, 0.29) is 30.4 Å². The highest BCUT2D eigenvalue weighted by Crippen LogP contribution is 2.31. The van der Waals surface area contributed by atoms with Gasteiger partial charge in [0.2, 0.25) is 10.0 Å². The SMILES string of the molecule is C=CCN(CC=C)S(=O)(=O)c1ccc(C(=O)N(Cc2cccnc2)c2nc3ccc(C)cc3s2)cc1. The molecule has 0 unspecified atom stereocenters. The summed E-state index contributed by atoms with van der Waals surface area (Å²) in [4.78, 5) is 24.2. The van der Waals surface area contributed by atoms with Gasteiger partial charge in [-0.3, -0.25) is 14.7 Å². The van der Waals surface area contributed by atoms with E-state index in [0.717, 1.165) is 21.3 Å². The van der Waals surface area contributed by atoms with E-state index in [2.05, 4.69) is 18.1 Å². The van der Waals surface area contributed by atoms with Gasteiger partial charge in [-0.25, -0.2) is 13.4 Å². The van der Waals surface area contributed by atoms with Crippen LogP contribution in [0.5, 0.6) is 0 Å². The molecule has 0 saturated heterocycles. The van der Waals surface area contributed by atoms with Crippen molar-refractivity contribution in [1.82, 2.24) is 14.3 Å². The second kappa shape index (κ2) is 10.9. The molecule has 1 amide bonds. The Morgan fingerprint density at radius 1 is 1.06 bits per heavy atom. The van der Waals surface area contributed by atoms with Gasteiger partial charge >= 0.3 is 0 Å². The van der Waals surface area contributed by atoms with E-state index in [1.807, 2.05) is 37.3 Å². The number of rotatable bonds is 10. The molecule has 9 heteroatoms. The van der Waals surface area contributed by atoms with Crippen LogP contribution in [-0.4, -0.2) is 41.7 Å². The molecule has 2 aromatic heterocycles. The van der Waals surface area contributed by atoms with Crippen molar-refractivity contribution < 1.29 is 13.2 Å². The summed E-state index contributed by atoms with van der Waals surface area (Å²) in [5.41, 5.74) is 3.13. The number of amides is 1. The molecule has 7 nitrogen and oxygen atoms in total. The Balaban J connectivity index is 1.68. The minimum Gasteiger partial charge on any atom is -0.279 e. The molecule has 0 N–H and O–H groups in total. The van der Waals surface area contributed by atoms with Crippen LogP contribution in [0.25, 0.3) is 10.2 Å². The van der Waals surface area contributed by atoms with E-state index < -0.39 is 10.0 Å². The third kappa shape index (κ3) is 5.43. The zero-order chi connectivity index (χ0) is 25.7. The number of sulfonamides is 1. The van der Waals surface area contributed by atoms with Crippen LogP contribution in [0.1, 0.15) is 21.5 Å². The van der Waals surface area contributed by atoms with Crippen molar-refractivity contribution in [1.29, 1.82) is 0 Å². The van der Waals surface area contributed by atoms with E-state index in [1.165, 1.54) is 52.1 Å². The zero-order valence-electron chi connectivity index (χ0n) is 19.9. The minimum absolute atomic E-state index is 0.0945. The van der Waals surface area contributed by atoms with Crippen LogP contribution in [0.4, 0.5) is 5.13 Å². The van der Waals surface area contributed by atoms with Crippen LogP contribution in [0.2, 0.25) is 0 Å². The zero-order valence-corrected chi connectivity index (χ0v) is 21.5. The normalized spacial score (nSPS) is 11.5. The second-order valence-corrected chi connectivity index (χ2v) is 11.1. The molecule has 0 saturated carbocycles. The minimum atomic E-state index is -3.76. The van der Waals surface area contributed by atoms with Gasteiger partial charge in [0.05, 0.1) is 21.7 Å². The summed E-state index contributed by atoms with van der Waals surface area (Å²) in [6.07, 6.45) is 6.43. The second-order valence-electron chi connectivity index (χ2n) is 8.14. The fourth-order valence-corrected chi connectivity index (χ4v) is 6.11. The first-order valence-corrected chi connectivity index (χ1v) is 13.5. The van der Waals surface area contributed by atoms with Crippen LogP contribution < -0.4 is 4.90 Å². The first-order chi connectivity index (χ1) is 17.3. The number of benzene rings is 2. The number of nitrogens with zero attached hydrogens (tertiary/aromatic N) is 4. The Hall–Kier alpha value is -3.66. The lowest BCUT2D eigenvalue weighted by atomic mass is 10.2. The Labute approximate surface area is 215 Å². The van der Waals surface area contributed by atoms with E-state index in [4.69, 9.17) is 4.98 Å². The molecule has 0 aliphatic rings. The highest BCUT2D eigenvalue weighted by Gasteiger charge is 2.25. The molecule has 0 aliphatic carbocycles. The third-order valence-corrected chi connectivity index (χ3v) is 8.36. The maximum Gasteiger partial charge on any atom is 0.260 e. The van der Waals surface area contributed by atoms with Gasteiger partial charge in [-0.15, -0.1) is 13.2 Å². The van der Waals surface area contributed by atoms with Gasteiger partial charge in [-0.05, 0) is 60.5 Å². The lowest BCUT2D eigenvalue weighted by Gasteiger charge is -2.21. The van der Waals surface area contributed by atoms with Crippen molar-refractivity contribution >= 4 is 42.6 Å². The molecule has 36 heavy (non-hydrogen) atoms. The Morgan fingerprint density at radius 2 is 1.78 bits per heavy atom. The molecule has 0 bridgehead atoms. The van der Waals surface area contributed by atoms with Gasteiger partial charge in [-0.2, -0.15) is 4.31 Å². The van der Waals surface area contributed by atoms with E-state index in [9.17, 15) is 13.2 Å². The molecular weight excluding hydrogens is 492 g/mol. The number of hydrogen-bond acceptors (Lipinski definition) is 6. The first-order valence-electron chi connectivity index (χ1n) is 11.2. The van der Waals surface area contributed by atoms with Gasteiger partial charge in [-0.1, -0.05) is 35.6 Å². The summed E-state index contributed by atoms with van der Waals surface area (Å²) in [6, 6.07) is 15.6. The van der Waals surface area contributed by atoms with E-state index in [0.29, 0.717) is 10.7 Å². The first kappa shape index (κ1) is 25.4. The quantitative estimate of drug-likeness (QED) is 0.269. The van der Waals surface area contributed by atoms with E-state index >= 15 is 0 Å². The van der Waals surface area contributed by atoms with Crippen molar-refractivity contribution in [2.24, 2.45) is 0 Å². The van der Waals surface area contributed by atoms with Gasteiger partial charge < -0.3 is 0 Å². The summed E-state index contributed by atoms with van der Waals surface area (Å²) in [6.45, 7) is 9.86. The van der Waals surface area contributed by atoms with Crippen molar-refractivity contribution in [3.05, 3.63) is 109 Å². The van der Waals surface area contributed by atoms with Crippen LogP contribution in [-0.2, 0) is 16.6 Å². The number of hydrogen-bond donors (Lipinski definition) is 0. The van der Waals surface area contributed by atoms with Crippen molar-refractivity contribution in [3.8, 4) is 0 Å². The molecule has 0 radical (unpaired) electrons. The third-order valence-electron chi connectivity index (χ3n) is 5.48. The van der Waals surface area contributed by atoms with Crippen molar-refractivity contribution in [2.45, 2.75) is 18.4 Å².